The van der Waals surface area contributed by atoms with Crippen molar-refractivity contribution in [3.05, 3.63) is 76.2 Å². The predicted molar refractivity (Wildman–Crippen MR) is 133 cm³/mol. The topological polar surface area (TPSA) is 151 Å². The first-order chi connectivity index (χ1) is 17.2. The molecular weight excluding hydrogens is 513 g/mol. The number of amides is 4. The second-order valence-corrected chi connectivity index (χ2v) is 7.77. The lowest BCUT2D eigenvalue weighted by Gasteiger charge is -2.06. The first kappa shape index (κ1) is 26.3. The van der Waals surface area contributed by atoms with E-state index in [-0.39, 0.29) is 17.3 Å². The van der Waals surface area contributed by atoms with Crippen LogP contribution in [0.4, 0.5) is 11.4 Å². The molecule has 0 fully saturated rings. The average Bonchev–Trinajstić information content (AvgIpc) is 3.32. The van der Waals surface area contributed by atoms with E-state index in [9.17, 15) is 19.2 Å². The van der Waals surface area contributed by atoms with Gasteiger partial charge in [-0.15, -0.1) is 0 Å². The van der Waals surface area contributed by atoms with Crippen LogP contribution in [0.2, 0.25) is 10.0 Å². The summed E-state index contributed by atoms with van der Waals surface area (Å²) in [6.07, 6.45) is 1.17. The normalized spacial score (nSPS) is 10.5. The van der Waals surface area contributed by atoms with Crippen molar-refractivity contribution >= 4 is 64.4 Å². The third kappa shape index (κ3) is 7.58. The Morgan fingerprint density at radius 1 is 0.861 bits per heavy atom. The van der Waals surface area contributed by atoms with Gasteiger partial charge in [0.2, 0.25) is 0 Å². The fourth-order valence-corrected chi connectivity index (χ4v) is 2.93. The van der Waals surface area contributed by atoms with Crippen molar-refractivity contribution in [2.24, 2.45) is 5.10 Å². The maximum atomic E-state index is 12.0. The highest BCUT2D eigenvalue weighted by Crippen LogP contribution is 2.24. The summed E-state index contributed by atoms with van der Waals surface area (Å²) >= 11 is 11.7. The van der Waals surface area contributed by atoms with Crippen LogP contribution in [0.3, 0.4) is 0 Å². The number of hydrogen-bond donors (Lipinski definition) is 4. The van der Waals surface area contributed by atoms with Gasteiger partial charge in [-0.2, -0.15) is 5.10 Å². The van der Waals surface area contributed by atoms with Crippen LogP contribution < -0.4 is 26.1 Å². The van der Waals surface area contributed by atoms with E-state index in [2.05, 4.69) is 26.5 Å². The van der Waals surface area contributed by atoms with Crippen LogP contribution in [0.1, 0.15) is 11.5 Å². The fraction of sp³-hybridized carbons (Fsp3) is 0.0870. The summed E-state index contributed by atoms with van der Waals surface area (Å²) in [6.45, 7) is -0.0852. The quantitative estimate of drug-likeness (QED) is 0.209. The molecule has 0 saturated heterocycles. The van der Waals surface area contributed by atoms with Crippen LogP contribution in [-0.2, 0) is 25.7 Å². The molecule has 4 N–H and O–H groups in total. The monoisotopic (exact) mass is 531 g/mol. The second kappa shape index (κ2) is 12.4. The molecule has 0 unspecified atom stereocenters. The van der Waals surface area contributed by atoms with E-state index in [0.29, 0.717) is 27.9 Å². The first-order valence-corrected chi connectivity index (χ1v) is 10.9. The van der Waals surface area contributed by atoms with Gasteiger partial charge in [-0.05, 0) is 54.6 Å². The first-order valence-electron chi connectivity index (χ1n) is 10.2. The minimum absolute atomic E-state index is 0.0852. The number of nitrogens with one attached hydrogen (secondary N) is 4. The predicted octanol–water partition coefficient (Wildman–Crippen LogP) is 2.94. The van der Waals surface area contributed by atoms with E-state index in [0.717, 1.165) is 0 Å². The van der Waals surface area contributed by atoms with Crippen LogP contribution in [0.5, 0.6) is 5.75 Å². The van der Waals surface area contributed by atoms with Gasteiger partial charge in [-0.3, -0.25) is 19.2 Å². The van der Waals surface area contributed by atoms with Crippen LogP contribution in [0.25, 0.3) is 0 Å². The van der Waals surface area contributed by atoms with Crippen molar-refractivity contribution in [2.75, 3.05) is 17.7 Å². The van der Waals surface area contributed by atoms with Crippen molar-refractivity contribution in [1.29, 1.82) is 0 Å². The van der Waals surface area contributed by atoms with Crippen LogP contribution in [-0.4, -0.2) is 37.0 Å². The maximum absolute atomic E-state index is 12.0. The molecule has 4 amide bonds. The van der Waals surface area contributed by atoms with Gasteiger partial charge in [-0.25, -0.2) is 5.43 Å². The molecule has 11 nitrogen and oxygen atoms in total. The zero-order chi connectivity index (χ0) is 26.1. The number of benzene rings is 2. The van der Waals surface area contributed by atoms with Crippen molar-refractivity contribution < 1.29 is 28.3 Å². The fourth-order valence-electron chi connectivity index (χ4n) is 2.64. The summed E-state index contributed by atoms with van der Waals surface area (Å²) in [4.78, 5) is 47.8. The molecule has 186 valence electrons. The van der Waals surface area contributed by atoms with Crippen LogP contribution in [0, 0.1) is 0 Å². The smallest absolute Gasteiger partial charge is 0.329 e. The number of hydrazone groups is 1. The van der Waals surface area contributed by atoms with Crippen molar-refractivity contribution in [3.8, 4) is 5.75 Å². The van der Waals surface area contributed by atoms with E-state index in [1.807, 2.05) is 0 Å². The number of carbonyl (C=O) groups is 4. The Morgan fingerprint density at radius 2 is 1.53 bits per heavy atom. The minimum Gasteiger partial charge on any atom is -0.497 e. The van der Waals surface area contributed by atoms with E-state index in [1.54, 1.807) is 24.3 Å². The Morgan fingerprint density at radius 3 is 2.22 bits per heavy atom. The summed E-state index contributed by atoms with van der Waals surface area (Å²) < 4.78 is 10.4. The number of ether oxygens (including phenoxy) is 1. The van der Waals surface area contributed by atoms with E-state index in [4.69, 9.17) is 32.4 Å². The molecule has 0 spiro atoms. The highest BCUT2D eigenvalue weighted by atomic mass is 35.5. The maximum Gasteiger partial charge on any atom is 0.329 e. The number of furan rings is 1. The molecule has 0 radical (unpaired) electrons. The van der Waals surface area contributed by atoms with Gasteiger partial charge >= 0.3 is 23.6 Å². The van der Waals surface area contributed by atoms with Gasteiger partial charge in [0.25, 0.3) is 0 Å². The summed E-state index contributed by atoms with van der Waals surface area (Å²) in [5.74, 6) is -2.56. The largest absolute Gasteiger partial charge is 0.497 e. The molecule has 1 aromatic heterocycles. The molecule has 3 rings (SSSR count). The summed E-state index contributed by atoms with van der Waals surface area (Å²) in [7, 11) is 1.51. The zero-order valence-corrected chi connectivity index (χ0v) is 20.1. The number of methoxy groups -OCH3 is 1. The number of hydrogen-bond acceptors (Lipinski definition) is 7. The van der Waals surface area contributed by atoms with E-state index >= 15 is 0 Å². The Balaban J connectivity index is 1.43. The molecule has 0 aliphatic heterocycles. The molecular formula is C23H19Cl2N5O6. The van der Waals surface area contributed by atoms with Crippen molar-refractivity contribution in [3.63, 3.8) is 0 Å². The Labute approximate surface area is 214 Å². The molecule has 0 saturated carbocycles. The molecule has 13 heteroatoms. The van der Waals surface area contributed by atoms with Gasteiger partial charge in [0.1, 0.15) is 17.3 Å². The number of rotatable bonds is 7. The van der Waals surface area contributed by atoms with Crippen LogP contribution >= 0.6 is 23.2 Å². The lowest BCUT2D eigenvalue weighted by atomic mass is 10.3. The van der Waals surface area contributed by atoms with Gasteiger partial charge < -0.3 is 25.1 Å². The summed E-state index contributed by atoms with van der Waals surface area (Å²) in [6, 6.07) is 13.9. The minimum atomic E-state index is -0.992. The summed E-state index contributed by atoms with van der Waals surface area (Å²) in [5.41, 5.74) is 2.78. The molecule has 36 heavy (non-hydrogen) atoms. The molecule has 0 atom stereocenters. The van der Waals surface area contributed by atoms with Gasteiger partial charge in [0, 0.05) is 11.4 Å². The van der Waals surface area contributed by atoms with Gasteiger partial charge in [0.15, 0.2) is 0 Å². The zero-order valence-electron chi connectivity index (χ0n) is 18.6. The van der Waals surface area contributed by atoms with E-state index < -0.39 is 23.6 Å². The third-order valence-electron chi connectivity index (χ3n) is 4.40. The number of carbonyl (C=O) groups excluding carboxylic acids is 4. The molecule has 0 aliphatic rings. The Hall–Kier alpha value is -4.35. The van der Waals surface area contributed by atoms with Crippen molar-refractivity contribution in [1.82, 2.24) is 10.7 Å². The lowest BCUT2D eigenvalue weighted by molar-refractivity contribution is -0.136. The molecule has 2 aromatic carbocycles. The molecule has 0 aliphatic carbocycles. The number of halogens is 2. The summed E-state index contributed by atoms with van der Waals surface area (Å²) in [5, 5.41) is 11.4. The number of nitrogens with zero attached hydrogens (tertiary/aromatic N) is 1. The third-order valence-corrected chi connectivity index (χ3v) is 5.14. The van der Waals surface area contributed by atoms with Crippen molar-refractivity contribution in [2.45, 2.75) is 6.54 Å². The van der Waals surface area contributed by atoms with Crippen LogP contribution in [0.15, 0.2) is 64.1 Å². The average molecular weight is 532 g/mol. The van der Waals surface area contributed by atoms with E-state index in [1.165, 1.54) is 43.7 Å². The van der Waals surface area contributed by atoms with Gasteiger partial charge in [0.05, 0.1) is 29.9 Å². The lowest BCUT2D eigenvalue weighted by Crippen LogP contribution is -2.34. The Kier molecular flexibility index (Phi) is 9.03. The second-order valence-electron chi connectivity index (χ2n) is 6.95. The number of anilines is 2. The molecule has 1 heterocycles. The molecule has 0 bridgehead atoms. The highest BCUT2D eigenvalue weighted by molar-refractivity contribution is 6.43. The molecule has 3 aromatic rings. The Bertz CT molecular complexity index is 1310. The highest BCUT2D eigenvalue weighted by Gasteiger charge is 2.15. The van der Waals surface area contributed by atoms with Gasteiger partial charge in [-0.1, -0.05) is 23.2 Å². The SMILES string of the molecule is COc1ccc(NC(=O)C(=O)N/N=C/c2ccc(CNC(=O)C(=O)Nc3ccc(Cl)c(Cl)c3)o2)cc1. The standard InChI is InChI=1S/C23H19Cl2N5O6/c1-35-15-5-2-13(3-6-15)28-22(33)23(34)30-27-12-17-8-7-16(36-17)11-26-20(31)21(32)29-14-4-9-18(24)19(25)10-14/h2-10,12H,11H2,1H3,(H,26,31)(H,28,33)(H,29,32)(H,30,34)/b27-12+.